The van der Waals surface area contributed by atoms with Crippen LogP contribution in [0.1, 0.15) is 89.4 Å². The van der Waals surface area contributed by atoms with Gasteiger partial charge in [-0.1, -0.05) is 74.4 Å². The van der Waals surface area contributed by atoms with Gasteiger partial charge in [-0.3, -0.25) is 0 Å². The van der Waals surface area contributed by atoms with Gasteiger partial charge in [0.1, 0.15) is 0 Å². The summed E-state index contributed by atoms with van der Waals surface area (Å²) in [7, 11) is 0. The van der Waals surface area contributed by atoms with Gasteiger partial charge in [-0.15, -0.1) is 0 Å². The summed E-state index contributed by atoms with van der Waals surface area (Å²) in [6.07, 6.45) is 0. The van der Waals surface area contributed by atoms with Crippen LogP contribution in [0.15, 0.2) is 24.3 Å². The fourth-order valence-corrected chi connectivity index (χ4v) is 3.76. The van der Waals surface area contributed by atoms with E-state index in [1.807, 2.05) is 6.07 Å². The molecule has 2 aromatic rings. The molecule has 0 heterocycles. The maximum atomic E-state index is 11.8. The number of carbonyl (C=O) groups is 1. The van der Waals surface area contributed by atoms with Crippen LogP contribution in [0.4, 0.5) is 0 Å². The van der Waals surface area contributed by atoms with Crippen molar-refractivity contribution in [1.82, 2.24) is 0 Å². The third-order valence-electron chi connectivity index (χ3n) is 4.72. The Morgan fingerprint density at radius 3 is 1.68 bits per heavy atom. The van der Waals surface area contributed by atoms with Gasteiger partial charge in [0.2, 0.25) is 0 Å². The summed E-state index contributed by atoms with van der Waals surface area (Å²) in [4.78, 5) is 11.8. The van der Waals surface area contributed by atoms with Crippen molar-refractivity contribution in [2.24, 2.45) is 0 Å². The number of hydrogen-bond donors (Lipinski definition) is 1. The molecule has 0 aliphatic heterocycles. The SMILES string of the molecule is CC(C)(C)c1cc2c(C(=O)O)cccc2c(C(C)(C)C)c1C(C)(C)C. The highest BCUT2D eigenvalue weighted by Crippen LogP contribution is 2.45. The van der Waals surface area contributed by atoms with Crippen molar-refractivity contribution in [1.29, 1.82) is 0 Å². The maximum Gasteiger partial charge on any atom is 0.336 e. The topological polar surface area (TPSA) is 37.3 Å². The van der Waals surface area contributed by atoms with E-state index in [1.54, 1.807) is 6.07 Å². The number of carboxylic acids is 1. The molecule has 2 aromatic carbocycles. The molecule has 25 heavy (non-hydrogen) atoms. The second-order valence-corrected chi connectivity index (χ2v) is 10.1. The fraction of sp³-hybridized carbons (Fsp3) is 0.522. The van der Waals surface area contributed by atoms with Crippen LogP contribution >= 0.6 is 0 Å². The quantitative estimate of drug-likeness (QED) is 0.649. The molecule has 0 aliphatic carbocycles. The number of benzene rings is 2. The highest BCUT2D eigenvalue weighted by Gasteiger charge is 2.33. The molecular formula is C23H32O2. The molecule has 0 bridgehead atoms. The molecule has 0 amide bonds. The first-order chi connectivity index (χ1) is 11.2. The smallest absolute Gasteiger partial charge is 0.336 e. The Balaban J connectivity index is 3.20. The second-order valence-electron chi connectivity index (χ2n) is 10.1. The molecular weight excluding hydrogens is 308 g/mol. The number of aromatic carboxylic acids is 1. The minimum atomic E-state index is -0.867. The van der Waals surface area contributed by atoms with Crippen molar-refractivity contribution in [2.45, 2.75) is 78.6 Å². The molecule has 0 unspecified atom stereocenters. The first-order valence-electron chi connectivity index (χ1n) is 9.00. The fourth-order valence-electron chi connectivity index (χ4n) is 3.76. The van der Waals surface area contributed by atoms with Gasteiger partial charge in [-0.05, 0) is 55.8 Å². The van der Waals surface area contributed by atoms with E-state index >= 15 is 0 Å². The van der Waals surface area contributed by atoms with E-state index in [9.17, 15) is 9.90 Å². The molecule has 136 valence electrons. The van der Waals surface area contributed by atoms with Crippen LogP contribution in [-0.2, 0) is 16.2 Å². The van der Waals surface area contributed by atoms with Gasteiger partial charge in [0.15, 0.2) is 0 Å². The Hall–Kier alpha value is -1.83. The first kappa shape index (κ1) is 19.5. The lowest BCUT2D eigenvalue weighted by Crippen LogP contribution is -2.28. The van der Waals surface area contributed by atoms with E-state index in [0.29, 0.717) is 5.56 Å². The van der Waals surface area contributed by atoms with Gasteiger partial charge in [0, 0.05) is 0 Å². The third-order valence-corrected chi connectivity index (χ3v) is 4.72. The molecule has 0 saturated carbocycles. The standard InChI is InChI=1S/C23H32O2/c1-21(2,3)17-13-16-14(11-10-12-15(16)20(24)25)18(22(4,5)6)19(17)23(7,8)9/h10-13H,1-9H3,(H,24,25). The monoisotopic (exact) mass is 340 g/mol. The largest absolute Gasteiger partial charge is 0.478 e. The van der Waals surface area contributed by atoms with Crippen molar-refractivity contribution in [2.75, 3.05) is 0 Å². The molecule has 0 saturated heterocycles. The van der Waals surface area contributed by atoms with Crippen LogP contribution in [0.2, 0.25) is 0 Å². The Morgan fingerprint density at radius 2 is 1.28 bits per heavy atom. The molecule has 0 fully saturated rings. The Bertz CT molecular complexity index is 822. The predicted molar refractivity (Wildman–Crippen MR) is 107 cm³/mol. The van der Waals surface area contributed by atoms with Crippen LogP contribution in [0.5, 0.6) is 0 Å². The van der Waals surface area contributed by atoms with Gasteiger partial charge in [0.25, 0.3) is 0 Å². The molecule has 0 aromatic heterocycles. The maximum absolute atomic E-state index is 11.8. The minimum Gasteiger partial charge on any atom is -0.478 e. The van der Waals surface area contributed by atoms with Crippen molar-refractivity contribution in [3.63, 3.8) is 0 Å². The van der Waals surface area contributed by atoms with E-state index in [1.165, 1.54) is 16.7 Å². The van der Waals surface area contributed by atoms with E-state index in [2.05, 4.69) is 74.4 Å². The average molecular weight is 341 g/mol. The number of hydrogen-bond acceptors (Lipinski definition) is 1. The summed E-state index contributed by atoms with van der Waals surface area (Å²) in [6.45, 7) is 20.0. The van der Waals surface area contributed by atoms with E-state index < -0.39 is 5.97 Å². The zero-order chi connectivity index (χ0) is 19.4. The molecule has 2 rings (SSSR count). The Kier molecular flexibility index (Phi) is 4.57. The Morgan fingerprint density at radius 1 is 0.760 bits per heavy atom. The lowest BCUT2D eigenvalue weighted by atomic mass is 9.67. The van der Waals surface area contributed by atoms with Crippen molar-refractivity contribution < 1.29 is 9.90 Å². The minimum absolute atomic E-state index is 0.0291. The molecule has 2 nitrogen and oxygen atoms in total. The van der Waals surface area contributed by atoms with Crippen molar-refractivity contribution >= 4 is 16.7 Å². The third kappa shape index (κ3) is 3.58. The molecule has 0 spiro atoms. The Labute approximate surface area is 152 Å². The summed E-state index contributed by atoms with van der Waals surface area (Å²) in [5.41, 5.74) is 4.06. The molecule has 0 aliphatic rings. The van der Waals surface area contributed by atoms with Crippen LogP contribution in [0.25, 0.3) is 10.8 Å². The summed E-state index contributed by atoms with van der Waals surface area (Å²) in [6, 6.07) is 7.77. The van der Waals surface area contributed by atoms with Gasteiger partial charge in [-0.2, -0.15) is 0 Å². The van der Waals surface area contributed by atoms with Gasteiger partial charge >= 0.3 is 5.97 Å². The molecule has 1 N–H and O–H groups in total. The van der Waals surface area contributed by atoms with Crippen molar-refractivity contribution in [3.05, 3.63) is 46.5 Å². The number of rotatable bonds is 1. The van der Waals surface area contributed by atoms with Crippen LogP contribution in [-0.4, -0.2) is 11.1 Å². The molecule has 2 heteroatoms. The summed E-state index contributed by atoms with van der Waals surface area (Å²) < 4.78 is 0. The summed E-state index contributed by atoms with van der Waals surface area (Å²) in [5.74, 6) is -0.867. The van der Waals surface area contributed by atoms with Gasteiger partial charge in [0.05, 0.1) is 5.56 Å². The highest BCUT2D eigenvalue weighted by atomic mass is 16.4. The van der Waals surface area contributed by atoms with E-state index in [-0.39, 0.29) is 16.2 Å². The molecule has 0 atom stereocenters. The predicted octanol–water partition coefficient (Wildman–Crippen LogP) is 6.43. The van der Waals surface area contributed by atoms with E-state index in [0.717, 1.165) is 10.8 Å². The lowest BCUT2D eigenvalue weighted by molar-refractivity contribution is 0.0699. The number of carboxylic acid groups (broad SMARTS) is 1. The van der Waals surface area contributed by atoms with E-state index in [4.69, 9.17) is 0 Å². The van der Waals surface area contributed by atoms with Crippen LogP contribution < -0.4 is 0 Å². The zero-order valence-corrected chi connectivity index (χ0v) is 17.2. The average Bonchev–Trinajstić information content (AvgIpc) is 2.41. The van der Waals surface area contributed by atoms with Gasteiger partial charge in [-0.25, -0.2) is 4.79 Å². The summed E-state index contributed by atoms with van der Waals surface area (Å²) in [5, 5.41) is 11.6. The lowest BCUT2D eigenvalue weighted by Gasteiger charge is -2.37. The van der Waals surface area contributed by atoms with Crippen LogP contribution in [0, 0.1) is 0 Å². The second kappa shape index (κ2) is 5.86. The zero-order valence-electron chi connectivity index (χ0n) is 17.2. The van der Waals surface area contributed by atoms with Crippen molar-refractivity contribution in [3.8, 4) is 0 Å². The first-order valence-corrected chi connectivity index (χ1v) is 9.00. The normalized spacial score (nSPS) is 13.3. The van der Waals surface area contributed by atoms with Crippen LogP contribution in [0.3, 0.4) is 0 Å². The van der Waals surface area contributed by atoms with Gasteiger partial charge < -0.3 is 5.11 Å². The summed E-state index contributed by atoms with van der Waals surface area (Å²) >= 11 is 0. The number of fused-ring (bicyclic) bond motifs is 1. The highest BCUT2D eigenvalue weighted by molar-refractivity contribution is 6.05. The molecule has 0 radical (unpaired) electrons.